The molecule has 0 fully saturated rings. The molecular formula is C53H33NO2. The molecule has 1 spiro atoms. The summed E-state index contributed by atoms with van der Waals surface area (Å²) >= 11 is 0. The minimum absolute atomic E-state index is 0.635. The number of ether oxygens (including phenoxy) is 1. The number of rotatable bonds is 4. The molecule has 262 valence electrons. The van der Waals surface area contributed by atoms with Gasteiger partial charge in [0, 0.05) is 27.9 Å². The maximum absolute atomic E-state index is 6.83. The van der Waals surface area contributed by atoms with Crippen LogP contribution in [0.2, 0.25) is 0 Å². The van der Waals surface area contributed by atoms with Crippen molar-refractivity contribution in [1.82, 2.24) is 0 Å². The third kappa shape index (κ3) is 4.28. The Hall–Kier alpha value is -7.36. The van der Waals surface area contributed by atoms with E-state index in [1.165, 1.54) is 49.7 Å². The molecule has 0 radical (unpaired) electrons. The molecule has 3 heteroatoms. The van der Waals surface area contributed by atoms with Crippen LogP contribution in [0.5, 0.6) is 11.5 Å². The third-order valence-corrected chi connectivity index (χ3v) is 11.9. The van der Waals surface area contributed by atoms with Gasteiger partial charge >= 0.3 is 0 Å². The predicted octanol–water partition coefficient (Wildman–Crippen LogP) is 14.3. The summed E-state index contributed by atoms with van der Waals surface area (Å²) in [5, 5.41) is 4.55. The van der Waals surface area contributed by atoms with Crippen LogP contribution in [0.3, 0.4) is 0 Å². The standard InChI is InChI=1S/C53H33NO2/c1-2-13-34(14-3-1)35-25-28-37(29-26-35)54(46-21-12-24-49-51(46)42-18-7-10-22-47(42)55-49)38-30-31-41-40-17-6-8-19-43(40)53(45(41)33-38)44-20-9-11-23-48(44)56-50-32-27-36-15-4-5-16-39(36)52(50)53/h1-33H. The van der Waals surface area contributed by atoms with E-state index < -0.39 is 5.41 Å². The fraction of sp³-hybridized carbons (Fsp3) is 0.0189. The maximum atomic E-state index is 6.83. The number of furan rings is 1. The Kier molecular flexibility index (Phi) is 6.55. The molecule has 0 saturated heterocycles. The number of fused-ring (bicyclic) bond motifs is 14. The Morgan fingerprint density at radius 2 is 1.09 bits per heavy atom. The van der Waals surface area contributed by atoms with Gasteiger partial charge in [-0.1, -0.05) is 146 Å². The van der Waals surface area contributed by atoms with Crippen LogP contribution in [0.4, 0.5) is 17.1 Å². The summed E-state index contributed by atoms with van der Waals surface area (Å²) in [6, 6.07) is 71.9. The monoisotopic (exact) mass is 715 g/mol. The number of nitrogens with zero attached hydrogens (tertiary/aromatic N) is 1. The molecular weight excluding hydrogens is 683 g/mol. The van der Waals surface area contributed by atoms with E-state index in [0.29, 0.717) is 0 Å². The molecule has 2 heterocycles. The van der Waals surface area contributed by atoms with E-state index in [-0.39, 0.29) is 0 Å². The molecule has 0 amide bonds. The zero-order chi connectivity index (χ0) is 36.8. The molecule has 1 aromatic heterocycles. The fourth-order valence-electron chi connectivity index (χ4n) is 9.61. The van der Waals surface area contributed by atoms with Crippen LogP contribution in [0, 0.1) is 0 Å². The minimum Gasteiger partial charge on any atom is -0.457 e. The number of benzene rings is 9. The van der Waals surface area contributed by atoms with Gasteiger partial charge in [0.1, 0.15) is 22.7 Å². The molecule has 2 aliphatic rings. The van der Waals surface area contributed by atoms with Gasteiger partial charge in [-0.05, 0) is 98.8 Å². The van der Waals surface area contributed by atoms with E-state index in [0.717, 1.165) is 56.1 Å². The van der Waals surface area contributed by atoms with Gasteiger partial charge in [-0.25, -0.2) is 0 Å². The highest BCUT2D eigenvalue weighted by atomic mass is 16.5. The van der Waals surface area contributed by atoms with Crippen LogP contribution in [0.1, 0.15) is 22.3 Å². The number of para-hydroxylation sites is 2. The average Bonchev–Trinajstić information content (AvgIpc) is 3.78. The first-order valence-electron chi connectivity index (χ1n) is 19.2. The molecule has 12 rings (SSSR count). The summed E-state index contributed by atoms with van der Waals surface area (Å²) in [6.45, 7) is 0. The Morgan fingerprint density at radius 3 is 1.98 bits per heavy atom. The molecule has 1 aliphatic carbocycles. The quantitative estimate of drug-likeness (QED) is 0.181. The third-order valence-electron chi connectivity index (χ3n) is 11.9. The summed E-state index contributed by atoms with van der Waals surface area (Å²) in [6.07, 6.45) is 0. The van der Waals surface area contributed by atoms with Gasteiger partial charge in [0.25, 0.3) is 0 Å². The Bertz CT molecular complexity index is 3180. The lowest BCUT2D eigenvalue weighted by atomic mass is 9.65. The highest BCUT2D eigenvalue weighted by molar-refractivity contribution is 6.13. The number of hydrogen-bond acceptors (Lipinski definition) is 3. The van der Waals surface area contributed by atoms with Crippen molar-refractivity contribution in [3.63, 3.8) is 0 Å². The van der Waals surface area contributed by atoms with Crippen LogP contribution in [-0.2, 0) is 5.41 Å². The number of hydrogen-bond donors (Lipinski definition) is 0. The van der Waals surface area contributed by atoms with Gasteiger partial charge in [0.05, 0.1) is 16.5 Å². The first kappa shape index (κ1) is 31.0. The smallest absolute Gasteiger partial charge is 0.137 e. The molecule has 56 heavy (non-hydrogen) atoms. The van der Waals surface area contributed by atoms with Crippen molar-refractivity contribution < 1.29 is 9.15 Å². The van der Waals surface area contributed by atoms with E-state index in [2.05, 4.69) is 199 Å². The van der Waals surface area contributed by atoms with Crippen LogP contribution in [0.25, 0.3) is 55.0 Å². The summed E-state index contributed by atoms with van der Waals surface area (Å²) in [5.74, 6) is 1.77. The van der Waals surface area contributed by atoms with Crippen LogP contribution in [0.15, 0.2) is 205 Å². The van der Waals surface area contributed by atoms with Crippen LogP contribution in [-0.4, -0.2) is 0 Å². The lowest BCUT2D eigenvalue weighted by Crippen LogP contribution is -2.32. The minimum atomic E-state index is -0.635. The average molecular weight is 716 g/mol. The molecule has 0 N–H and O–H groups in total. The highest BCUT2D eigenvalue weighted by Gasteiger charge is 2.52. The van der Waals surface area contributed by atoms with Gasteiger partial charge in [0.2, 0.25) is 0 Å². The summed E-state index contributed by atoms with van der Waals surface area (Å²) in [4.78, 5) is 2.41. The van der Waals surface area contributed by atoms with Gasteiger partial charge in [0.15, 0.2) is 0 Å². The SMILES string of the molecule is c1ccc(-c2ccc(N(c3ccc4c(c3)C3(c5ccccc5Oc5ccc6ccccc6c53)c3ccccc3-4)c3cccc4oc5ccccc5c34)cc2)cc1. The van der Waals surface area contributed by atoms with Crippen molar-refractivity contribution in [2.24, 2.45) is 0 Å². The molecule has 1 atom stereocenters. The van der Waals surface area contributed by atoms with Crippen molar-refractivity contribution >= 4 is 49.8 Å². The van der Waals surface area contributed by atoms with Gasteiger partial charge in [-0.3, -0.25) is 0 Å². The maximum Gasteiger partial charge on any atom is 0.137 e. The Labute approximate surface area is 324 Å². The molecule has 1 aliphatic heterocycles. The predicted molar refractivity (Wildman–Crippen MR) is 229 cm³/mol. The summed E-state index contributed by atoms with van der Waals surface area (Å²) < 4.78 is 13.3. The van der Waals surface area contributed by atoms with Crippen LogP contribution >= 0.6 is 0 Å². The topological polar surface area (TPSA) is 25.6 Å². The normalized spacial score (nSPS) is 15.0. The van der Waals surface area contributed by atoms with Gasteiger partial charge in [-0.2, -0.15) is 0 Å². The molecule has 10 aromatic rings. The second kappa shape index (κ2) is 11.8. The van der Waals surface area contributed by atoms with Crippen LogP contribution < -0.4 is 9.64 Å². The Morgan fingerprint density at radius 1 is 0.411 bits per heavy atom. The summed E-state index contributed by atoms with van der Waals surface area (Å²) in [5.41, 5.74) is 13.9. The molecule has 3 nitrogen and oxygen atoms in total. The van der Waals surface area contributed by atoms with E-state index >= 15 is 0 Å². The van der Waals surface area contributed by atoms with E-state index in [1.54, 1.807) is 0 Å². The molecule has 9 aromatic carbocycles. The largest absolute Gasteiger partial charge is 0.457 e. The zero-order valence-corrected chi connectivity index (χ0v) is 30.3. The highest BCUT2D eigenvalue weighted by Crippen LogP contribution is 2.64. The summed E-state index contributed by atoms with van der Waals surface area (Å²) in [7, 11) is 0. The zero-order valence-electron chi connectivity index (χ0n) is 30.3. The number of anilines is 3. The van der Waals surface area contributed by atoms with Crippen molar-refractivity contribution in [3.05, 3.63) is 222 Å². The fourth-order valence-corrected chi connectivity index (χ4v) is 9.61. The second-order valence-corrected chi connectivity index (χ2v) is 14.8. The molecule has 0 saturated carbocycles. The van der Waals surface area contributed by atoms with E-state index in [1.807, 2.05) is 6.07 Å². The first-order chi connectivity index (χ1) is 27.8. The van der Waals surface area contributed by atoms with Gasteiger partial charge < -0.3 is 14.1 Å². The van der Waals surface area contributed by atoms with Crippen molar-refractivity contribution in [1.29, 1.82) is 0 Å². The van der Waals surface area contributed by atoms with Crippen molar-refractivity contribution in [2.75, 3.05) is 4.90 Å². The molecule has 0 bridgehead atoms. The van der Waals surface area contributed by atoms with E-state index in [4.69, 9.17) is 9.15 Å². The first-order valence-corrected chi connectivity index (χ1v) is 19.2. The second-order valence-electron chi connectivity index (χ2n) is 14.8. The Balaban J connectivity index is 1.17. The lowest BCUT2D eigenvalue weighted by Gasteiger charge is -2.40. The van der Waals surface area contributed by atoms with E-state index in [9.17, 15) is 0 Å². The van der Waals surface area contributed by atoms with Crippen molar-refractivity contribution in [3.8, 4) is 33.8 Å². The van der Waals surface area contributed by atoms with Crippen molar-refractivity contribution in [2.45, 2.75) is 5.41 Å². The molecule has 1 unspecified atom stereocenters. The van der Waals surface area contributed by atoms with Gasteiger partial charge in [-0.15, -0.1) is 0 Å². The lowest BCUT2D eigenvalue weighted by molar-refractivity contribution is 0.438.